The Labute approximate surface area is 112 Å². The van der Waals surface area contributed by atoms with Crippen LogP contribution in [0.2, 0.25) is 0 Å². The fraction of sp³-hybridized carbons (Fsp3) is 0.929. The Morgan fingerprint density at radius 3 is 2.61 bits per heavy atom. The lowest BCUT2D eigenvalue weighted by Crippen LogP contribution is -2.53. The molecule has 104 valence electrons. The summed E-state index contributed by atoms with van der Waals surface area (Å²) in [4.78, 5) is 5.01. The van der Waals surface area contributed by atoms with E-state index in [9.17, 15) is 5.26 Å². The van der Waals surface area contributed by atoms with E-state index in [-0.39, 0.29) is 5.54 Å². The summed E-state index contributed by atoms with van der Waals surface area (Å²) < 4.78 is 0. The topological polar surface area (TPSA) is 42.3 Å². The van der Waals surface area contributed by atoms with Crippen molar-refractivity contribution in [3.05, 3.63) is 0 Å². The highest BCUT2D eigenvalue weighted by Crippen LogP contribution is 2.13. The third-order valence-electron chi connectivity index (χ3n) is 4.00. The molecule has 0 amide bonds. The zero-order chi connectivity index (χ0) is 13.6. The van der Waals surface area contributed by atoms with Crippen molar-refractivity contribution in [1.29, 1.82) is 5.26 Å². The van der Waals surface area contributed by atoms with Gasteiger partial charge in [-0.25, -0.2) is 0 Å². The second-order valence-corrected chi connectivity index (χ2v) is 5.50. The normalized spacial score (nSPS) is 25.6. The maximum atomic E-state index is 9.24. The molecule has 0 bridgehead atoms. The molecule has 0 aliphatic carbocycles. The van der Waals surface area contributed by atoms with E-state index in [1.54, 1.807) is 0 Å². The summed E-state index contributed by atoms with van der Waals surface area (Å²) in [6, 6.07) is 3.04. The summed E-state index contributed by atoms with van der Waals surface area (Å²) in [5.41, 5.74) is -0.375. The van der Waals surface area contributed by atoms with E-state index in [4.69, 9.17) is 0 Å². The molecule has 0 aromatic heterocycles. The van der Waals surface area contributed by atoms with Gasteiger partial charge in [0.1, 0.15) is 5.54 Å². The zero-order valence-corrected chi connectivity index (χ0v) is 12.4. The second kappa shape index (κ2) is 7.08. The molecule has 0 aromatic carbocycles. The average molecular weight is 252 g/mol. The van der Waals surface area contributed by atoms with Crippen LogP contribution < -0.4 is 5.32 Å². The minimum atomic E-state index is -0.375. The van der Waals surface area contributed by atoms with Gasteiger partial charge < -0.3 is 4.90 Å². The first-order chi connectivity index (χ1) is 8.54. The van der Waals surface area contributed by atoms with Crippen LogP contribution in [0.4, 0.5) is 0 Å². The number of nitrogens with one attached hydrogen (secondary N) is 1. The lowest BCUT2D eigenvalue weighted by molar-refractivity contribution is 0.0837. The second-order valence-electron chi connectivity index (χ2n) is 5.50. The van der Waals surface area contributed by atoms with Gasteiger partial charge in [0, 0.05) is 32.2 Å². The van der Waals surface area contributed by atoms with E-state index in [0.717, 1.165) is 45.7 Å². The van der Waals surface area contributed by atoms with Crippen LogP contribution in [0, 0.1) is 11.3 Å². The zero-order valence-electron chi connectivity index (χ0n) is 12.4. The molecular weight excluding hydrogens is 224 g/mol. The van der Waals surface area contributed by atoms with E-state index in [1.807, 2.05) is 6.92 Å². The molecule has 0 saturated carbocycles. The molecule has 0 spiro atoms. The lowest BCUT2D eigenvalue weighted by Gasteiger charge is -2.40. The largest absolute Gasteiger partial charge is 0.300 e. The van der Waals surface area contributed by atoms with E-state index in [2.05, 4.69) is 42.0 Å². The van der Waals surface area contributed by atoms with Crippen LogP contribution in [0.5, 0.6) is 0 Å². The van der Waals surface area contributed by atoms with Crippen LogP contribution in [0.25, 0.3) is 0 Å². The van der Waals surface area contributed by atoms with E-state index in [1.165, 1.54) is 0 Å². The summed E-state index contributed by atoms with van der Waals surface area (Å²) in [5.74, 6) is 0. The van der Waals surface area contributed by atoms with Crippen molar-refractivity contribution < 1.29 is 0 Å². The van der Waals surface area contributed by atoms with Crippen molar-refractivity contribution in [2.75, 3.05) is 39.3 Å². The minimum Gasteiger partial charge on any atom is -0.300 e. The molecule has 2 unspecified atom stereocenters. The van der Waals surface area contributed by atoms with Gasteiger partial charge in [-0.3, -0.25) is 10.2 Å². The molecule has 18 heavy (non-hydrogen) atoms. The van der Waals surface area contributed by atoms with Gasteiger partial charge in [-0.05, 0) is 33.4 Å². The van der Waals surface area contributed by atoms with Gasteiger partial charge in [0.15, 0.2) is 0 Å². The van der Waals surface area contributed by atoms with Crippen molar-refractivity contribution in [2.24, 2.45) is 0 Å². The Bertz CT molecular complexity index is 286. The monoisotopic (exact) mass is 252 g/mol. The Hall–Kier alpha value is -0.630. The van der Waals surface area contributed by atoms with Crippen LogP contribution in [-0.4, -0.2) is 60.6 Å². The average Bonchev–Trinajstić information content (AvgIpc) is 2.37. The first-order valence-corrected chi connectivity index (χ1v) is 7.17. The standard InChI is InChI=1S/C14H28N4/c1-5-16-14(4,12-15)7-8-17-9-10-18(6-2)13(3)11-17/h13,16H,5-11H2,1-4H3. The number of hydrogen-bond donors (Lipinski definition) is 1. The van der Waals surface area contributed by atoms with Crippen molar-refractivity contribution >= 4 is 0 Å². The van der Waals surface area contributed by atoms with Crippen LogP contribution in [0.15, 0.2) is 0 Å². The van der Waals surface area contributed by atoms with Gasteiger partial charge in [-0.2, -0.15) is 5.26 Å². The Morgan fingerprint density at radius 2 is 2.11 bits per heavy atom. The SMILES string of the molecule is CCNC(C)(C#N)CCN1CCN(CC)C(C)C1. The van der Waals surface area contributed by atoms with Gasteiger partial charge in [0.2, 0.25) is 0 Å². The highest BCUT2D eigenvalue weighted by molar-refractivity contribution is 5.03. The third kappa shape index (κ3) is 4.24. The Balaban J connectivity index is 2.39. The summed E-state index contributed by atoms with van der Waals surface area (Å²) in [6.45, 7) is 15.0. The van der Waals surface area contributed by atoms with Gasteiger partial charge in [0.05, 0.1) is 6.07 Å². The molecule has 0 aromatic rings. The summed E-state index contributed by atoms with van der Waals surface area (Å²) >= 11 is 0. The lowest BCUT2D eigenvalue weighted by atomic mass is 9.99. The number of hydrogen-bond acceptors (Lipinski definition) is 4. The molecule has 0 radical (unpaired) electrons. The molecule has 1 aliphatic heterocycles. The molecule has 1 N–H and O–H groups in total. The quantitative estimate of drug-likeness (QED) is 0.773. The van der Waals surface area contributed by atoms with Crippen LogP contribution in [0.3, 0.4) is 0 Å². The van der Waals surface area contributed by atoms with Crippen molar-refractivity contribution in [1.82, 2.24) is 15.1 Å². The number of rotatable bonds is 6. The minimum absolute atomic E-state index is 0.375. The van der Waals surface area contributed by atoms with E-state index in [0.29, 0.717) is 6.04 Å². The molecule has 2 atom stereocenters. The summed E-state index contributed by atoms with van der Waals surface area (Å²) in [7, 11) is 0. The molecule has 1 fully saturated rings. The molecule has 1 aliphatic rings. The highest BCUT2D eigenvalue weighted by atomic mass is 15.3. The predicted molar refractivity (Wildman–Crippen MR) is 75.5 cm³/mol. The Morgan fingerprint density at radius 1 is 1.39 bits per heavy atom. The van der Waals surface area contributed by atoms with E-state index < -0.39 is 0 Å². The van der Waals surface area contributed by atoms with Gasteiger partial charge >= 0.3 is 0 Å². The van der Waals surface area contributed by atoms with Gasteiger partial charge in [-0.1, -0.05) is 13.8 Å². The number of piperazine rings is 1. The Kier molecular flexibility index (Phi) is 6.07. The summed E-state index contributed by atoms with van der Waals surface area (Å²) in [6.07, 6.45) is 0.899. The molecule has 4 heteroatoms. The highest BCUT2D eigenvalue weighted by Gasteiger charge is 2.26. The fourth-order valence-corrected chi connectivity index (χ4v) is 2.70. The van der Waals surface area contributed by atoms with Crippen LogP contribution in [0.1, 0.15) is 34.1 Å². The smallest absolute Gasteiger partial charge is 0.105 e. The maximum absolute atomic E-state index is 9.24. The molecular formula is C14H28N4. The predicted octanol–water partition coefficient (Wildman–Crippen LogP) is 1.29. The van der Waals surface area contributed by atoms with Crippen molar-refractivity contribution in [3.8, 4) is 6.07 Å². The fourth-order valence-electron chi connectivity index (χ4n) is 2.70. The number of likely N-dealkylation sites (N-methyl/N-ethyl adjacent to an activating group) is 1. The maximum Gasteiger partial charge on any atom is 0.105 e. The van der Waals surface area contributed by atoms with Crippen molar-refractivity contribution in [2.45, 2.75) is 45.7 Å². The number of nitrogens with zero attached hydrogens (tertiary/aromatic N) is 3. The molecule has 4 nitrogen and oxygen atoms in total. The first-order valence-electron chi connectivity index (χ1n) is 7.17. The van der Waals surface area contributed by atoms with Crippen LogP contribution in [-0.2, 0) is 0 Å². The van der Waals surface area contributed by atoms with E-state index >= 15 is 0 Å². The van der Waals surface area contributed by atoms with Crippen molar-refractivity contribution in [3.63, 3.8) is 0 Å². The first kappa shape index (κ1) is 15.4. The molecule has 1 saturated heterocycles. The molecule has 1 heterocycles. The third-order valence-corrected chi connectivity index (χ3v) is 4.00. The van der Waals surface area contributed by atoms with Gasteiger partial charge in [0.25, 0.3) is 0 Å². The summed E-state index contributed by atoms with van der Waals surface area (Å²) in [5, 5.41) is 12.5. The number of nitriles is 1. The molecule has 1 rings (SSSR count). The van der Waals surface area contributed by atoms with Gasteiger partial charge in [-0.15, -0.1) is 0 Å². The van der Waals surface area contributed by atoms with Crippen LogP contribution >= 0.6 is 0 Å².